The van der Waals surface area contributed by atoms with E-state index in [9.17, 15) is 0 Å². The predicted octanol–water partition coefficient (Wildman–Crippen LogP) is 8.21. The molecular formula is C36H29F2N5Pt+2. The summed E-state index contributed by atoms with van der Waals surface area (Å²) in [5.74, 6) is -3.49. The normalized spacial score (nSPS) is 15.7. The van der Waals surface area contributed by atoms with Gasteiger partial charge in [0.2, 0.25) is 0 Å². The van der Waals surface area contributed by atoms with E-state index in [0.717, 1.165) is 4.58 Å². The van der Waals surface area contributed by atoms with Gasteiger partial charge in [0.05, 0.1) is 0 Å². The Bertz CT molecular complexity index is 2390. The predicted molar refractivity (Wildman–Crippen MR) is 166 cm³/mol. The van der Waals surface area contributed by atoms with E-state index in [4.69, 9.17) is 8.22 Å². The molecule has 0 fully saturated rings. The molecule has 0 radical (unpaired) electrons. The Balaban J connectivity index is 0.00000432. The van der Waals surface area contributed by atoms with E-state index < -0.39 is 36.4 Å². The number of halogens is 2. The van der Waals surface area contributed by atoms with Gasteiger partial charge in [0.15, 0.2) is 6.98 Å². The van der Waals surface area contributed by atoms with Gasteiger partial charge in [0, 0.05) is 33.7 Å². The number of para-hydroxylation sites is 3. The number of pyridine rings is 2. The van der Waals surface area contributed by atoms with Crippen LogP contribution in [0.15, 0.2) is 85.2 Å². The van der Waals surface area contributed by atoms with Crippen molar-refractivity contribution in [1.82, 2.24) is 19.1 Å². The van der Waals surface area contributed by atoms with Crippen LogP contribution in [0, 0.1) is 19.0 Å². The number of alkyl halides is 2. The molecule has 8 heteroatoms. The van der Waals surface area contributed by atoms with Crippen molar-refractivity contribution in [1.29, 1.82) is 0 Å². The minimum atomic E-state index is -3.72. The monoisotopic (exact) mass is 770 g/mol. The second-order valence-electron chi connectivity index (χ2n) is 11.5. The molecule has 0 saturated carbocycles. The Hall–Kier alpha value is -4.31. The second-order valence-corrected chi connectivity index (χ2v) is 11.5. The van der Waals surface area contributed by atoms with E-state index >= 15 is 8.78 Å². The van der Waals surface area contributed by atoms with Gasteiger partial charge in [-0.15, -0.1) is 16.5 Å². The molecule has 1 aliphatic rings. The van der Waals surface area contributed by atoms with E-state index in [2.05, 4.69) is 28.1 Å². The number of benzene rings is 3. The van der Waals surface area contributed by atoms with Gasteiger partial charge in [0.25, 0.3) is 17.3 Å². The van der Waals surface area contributed by atoms with Crippen LogP contribution in [0.5, 0.6) is 0 Å². The molecule has 3 aromatic heterocycles. The molecule has 0 atom stereocenters. The van der Waals surface area contributed by atoms with Crippen LogP contribution in [0.1, 0.15) is 51.4 Å². The summed E-state index contributed by atoms with van der Waals surface area (Å²) in [7, 11) is 0. The zero-order chi connectivity index (χ0) is 35.1. The fourth-order valence-electron chi connectivity index (χ4n) is 5.37. The Morgan fingerprint density at radius 3 is 2.45 bits per heavy atom. The van der Waals surface area contributed by atoms with Crippen molar-refractivity contribution in [3.8, 4) is 5.82 Å². The van der Waals surface area contributed by atoms with Crippen molar-refractivity contribution in [2.45, 2.75) is 39.0 Å². The zero-order valence-electron chi connectivity index (χ0n) is 29.9. The quantitative estimate of drug-likeness (QED) is 0.134. The van der Waals surface area contributed by atoms with Gasteiger partial charge in [-0.2, -0.15) is 20.9 Å². The Morgan fingerprint density at radius 1 is 0.909 bits per heavy atom. The molecule has 0 N–H and O–H groups in total. The molecule has 6 aromatic rings. The molecule has 0 unspecified atom stereocenters. The van der Waals surface area contributed by atoms with Gasteiger partial charge >= 0.3 is 27.1 Å². The van der Waals surface area contributed by atoms with Crippen molar-refractivity contribution in [3.63, 3.8) is 0 Å². The van der Waals surface area contributed by atoms with Crippen molar-refractivity contribution in [2.75, 3.05) is 6.98 Å². The number of hydrogen-bond acceptors (Lipinski definition) is 2. The fraction of sp³-hybridized carbons (Fsp3) is 0.194. The first-order valence-electron chi connectivity index (χ1n) is 16.7. The first kappa shape index (κ1) is 23.1. The number of aryl methyl sites for hydroxylation is 1. The van der Waals surface area contributed by atoms with Gasteiger partial charge in [-0.05, 0) is 42.2 Å². The molecule has 0 spiro atoms. The summed E-state index contributed by atoms with van der Waals surface area (Å²) in [6, 6.07) is 28.4. The summed E-state index contributed by atoms with van der Waals surface area (Å²) >= 11 is 0. The van der Waals surface area contributed by atoms with E-state index in [-0.39, 0.29) is 43.7 Å². The van der Waals surface area contributed by atoms with Crippen molar-refractivity contribution in [3.05, 3.63) is 120 Å². The molecule has 44 heavy (non-hydrogen) atoms. The molecule has 1 aliphatic heterocycles. The molecule has 0 bridgehead atoms. The average molecular weight is 771 g/mol. The smallest absolute Gasteiger partial charge is 0.331 e. The molecular weight excluding hydrogens is 736 g/mol. The summed E-state index contributed by atoms with van der Waals surface area (Å²) < 4.78 is 85.5. The van der Waals surface area contributed by atoms with E-state index in [1.165, 1.54) is 35.2 Å². The zero-order valence-corrected chi connectivity index (χ0v) is 26.2. The minimum Gasteiger partial charge on any atom is -0.331 e. The molecule has 0 amide bonds. The first-order chi connectivity index (χ1) is 22.9. The van der Waals surface area contributed by atoms with Crippen LogP contribution < -0.4 is 4.58 Å². The van der Waals surface area contributed by atoms with Gasteiger partial charge < -0.3 is 4.57 Å². The largest absolute Gasteiger partial charge is 2.00 e. The van der Waals surface area contributed by atoms with Gasteiger partial charge in [-0.25, -0.2) is 4.98 Å². The van der Waals surface area contributed by atoms with Crippen LogP contribution in [-0.4, -0.2) is 32.1 Å². The molecule has 4 heterocycles. The number of fused-ring (bicyclic) bond motifs is 4. The van der Waals surface area contributed by atoms with E-state index in [0.29, 0.717) is 33.2 Å². The number of hydrogen-bond donors (Lipinski definition) is 0. The number of rotatable bonds is 4. The van der Waals surface area contributed by atoms with E-state index in [1.54, 1.807) is 47.0 Å². The van der Waals surface area contributed by atoms with Crippen LogP contribution in [0.4, 0.5) is 25.8 Å². The van der Waals surface area contributed by atoms with Gasteiger partial charge in [-0.3, -0.25) is 4.98 Å². The maximum atomic E-state index is 16.9. The Kier molecular flexibility index (Phi) is 5.62. The summed E-state index contributed by atoms with van der Waals surface area (Å²) in [6.07, 6.45) is 2.74. The number of aromatic nitrogens is 3. The second kappa shape index (κ2) is 10.7. The van der Waals surface area contributed by atoms with Crippen LogP contribution >= 0.6 is 0 Å². The maximum absolute atomic E-state index is 16.9. The third kappa shape index (κ3) is 4.81. The number of nitrogens with zero attached hydrogens (tertiary/aromatic N) is 5. The maximum Gasteiger partial charge on any atom is 2.00 e. The molecule has 7 rings (SSSR count). The van der Waals surface area contributed by atoms with Gasteiger partial charge in [0.1, 0.15) is 15.6 Å². The Morgan fingerprint density at radius 2 is 1.68 bits per heavy atom. The molecule has 3 aromatic carbocycles. The third-order valence-corrected chi connectivity index (χ3v) is 7.61. The average Bonchev–Trinajstić information content (AvgIpc) is 3.60. The standard InChI is InChI=1S/C36H29F2N5.Pt/c1-23-14-15-39-34(16-23)43-29-11-7-6-10-27(29)28-21-40-33(20-32(28)43)36(37,38)25-17-24(35(2,3)4)18-26(19-25)42-22-41(5)30-12-8-9-13-31(30)42;/h6-18,21H,1-5H3;/q;+2/i1D3,5D3;. The third-order valence-electron chi connectivity index (χ3n) is 7.61. The van der Waals surface area contributed by atoms with Crippen LogP contribution in [-0.2, 0) is 32.4 Å². The van der Waals surface area contributed by atoms with Crippen LogP contribution in [0.3, 0.4) is 0 Å². The summed E-state index contributed by atoms with van der Waals surface area (Å²) in [5, 5.41) is 1.24. The first-order valence-corrected chi connectivity index (χ1v) is 13.7. The van der Waals surface area contributed by atoms with Crippen molar-refractivity contribution < 1.29 is 42.6 Å². The Labute approximate surface area is 277 Å². The molecule has 5 nitrogen and oxygen atoms in total. The summed E-state index contributed by atoms with van der Waals surface area (Å²) in [4.78, 5) is 8.61. The SMILES string of the molecule is [2H]C([2H])([2H])c1ccnc(-n2c3[c-]c(C(F)(F)c4[c-]c([N+]5=C=[N+](C([2H])([2H])[2H])c6ccccc65)cc(C(C)(C)C)c4)ncc3c3ccccc32)c1.[Pt+2]. The topological polar surface area (TPSA) is 36.7 Å². The molecule has 220 valence electrons. The summed E-state index contributed by atoms with van der Waals surface area (Å²) in [5.41, 5.74) is 0.725. The van der Waals surface area contributed by atoms with Crippen LogP contribution in [0.25, 0.3) is 27.6 Å². The summed E-state index contributed by atoms with van der Waals surface area (Å²) in [6.45, 7) is 0.705. The molecule has 0 aliphatic carbocycles. The van der Waals surface area contributed by atoms with E-state index in [1.807, 2.05) is 32.9 Å². The fourth-order valence-corrected chi connectivity index (χ4v) is 5.37. The molecule has 0 saturated heterocycles. The minimum absolute atomic E-state index is 0. The van der Waals surface area contributed by atoms with Crippen molar-refractivity contribution >= 4 is 44.9 Å². The van der Waals surface area contributed by atoms with Gasteiger partial charge in [-0.1, -0.05) is 83.3 Å². The van der Waals surface area contributed by atoms with Crippen LogP contribution in [0.2, 0.25) is 0 Å². The van der Waals surface area contributed by atoms with Crippen molar-refractivity contribution in [2.24, 2.45) is 0 Å².